The van der Waals surface area contributed by atoms with Crippen molar-refractivity contribution in [3.8, 4) is 0 Å². The minimum absolute atomic E-state index is 0.109. The zero-order valence-corrected chi connectivity index (χ0v) is 10.0. The number of carboxylic acid groups (broad SMARTS) is 1. The zero-order chi connectivity index (χ0) is 12.3. The Labute approximate surface area is 96.3 Å². The van der Waals surface area contributed by atoms with Crippen molar-refractivity contribution in [2.24, 2.45) is 5.73 Å². The van der Waals surface area contributed by atoms with Crippen molar-refractivity contribution in [1.82, 2.24) is 0 Å². The van der Waals surface area contributed by atoms with Crippen LogP contribution in [0.2, 0.25) is 0 Å². The summed E-state index contributed by atoms with van der Waals surface area (Å²) >= 11 is 0. The van der Waals surface area contributed by atoms with E-state index in [0.717, 1.165) is 11.1 Å². The summed E-state index contributed by atoms with van der Waals surface area (Å²) in [6.45, 7) is 5.83. The van der Waals surface area contributed by atoms with Gasteiger partial charge in [-0.3, -0.25) is 4.79 Å². The van der Waals surface area contributed by atoms with Gasteiger partial charge in [0.05, 0.1) is 5.92 Å². The first kappa shape index (κ1) is 12.7. The van der Waals surface area contributed by atoms with E-state index in [9.17, 15) is 9.90 Å². The molecule has 0 heterocycles. The number of carbonyl (C=O) groups is 1. The van der Waals surface area contributed by atoms with Crippen LogP contribution < -0.4 is 5.73 Å². The first-order valence-electron chi connectivity index (χ1n) is 5.47. The highest BCUT2D eigenvalue weighted by Gasteiger charge is 2.21. The maximum Gasteiger partial charge on any atom is 0.311 e. The fourth-order valence-corrected chi connectivity index (χ4v) is 1.73. The van der Waals surface area contributed by atoms with Gasteiger partial charge in [-0.25, -0.2) is 0 Å². The maximum atomic E-state index is 11.2. The number of aliphatic carboxylic acids is 1. The average molecular weight is 221 g/mol. The summed E-state index contributed by atoms with van der Waals surface area (Å²) in [6, 6.07) is 5.67. The molecule has 1 aromatic rings. The van der Waals surface area contributed by atoms with Gasteiger partial charge in [-0.15, -0.1) is 0 Å². The Morgan fingerprint density at radius 1 is 1.38 bits per heavy atom. The van der Waals surface area contributed by atoms with Gasteiger partial charge in [0.25, 0.3) is 0 Å². The van der Waals surface area contributed by atoms with Gasteiger partial charge in [0.15, 0.2) is 0 Å². The van der Waals surface area contributed by atoms with Crippen LogP contribution in [-0.2, 0) is 4.79 Å². The number of aryl methyl sites for hydroxylation is 2. The Bertz CT molecular complexity index is 386. The molecule has 1 aromatic carbocycles. The van der Waals surface area contributed by atoms with Crippen molar-refractivity contribution < 1.29 is 9.90 Å². The largest absolute Gasteiger partial charge is 0.481 e. The Morgan fingerprint density at radius 3 is 2.44 bits per heavy atom. The highest BCUT2D eigenvalue weighted by atomic mass is 16.4. The van der Waals surface area contributed by atoms with Crippen LogP contribution in [0.5, 0.6) is 0 Å². The molecule has 16 heavy (non-hydrogen) atoms. The Balaban J connectivity index is 3.01. The predicted molar refractivity (Wildman–Crippen MR) is 64.6 cm³/mol. The third-order valence-electron chi connectivity index (χ3n) is 2.84. The van der Waals surface area contributed by atoms with E-state index in [1.165, 1.54) is 5.56 Å². The van der Waals surface area contributed by atoms with Crippen LogP contribution in [0.4, 0.5) is 0 Å². The molecule has 3 N–H and O–H groups in total. The van der Waals surface area contributed by atoms with E-state index < -0.39 is 11.9 Å². The molecule has 88 valence electrons. The molecular weight excluding hydrogens is 202 g/mol. The van der Waals surface area contributed by atoms with Crippen molar-refractivity contribution in [2.75, 3.05) is 0 Å². The topological polar surface area (TPSA) is 63.3 Å². The van der Waals surface area contributed by atoms with Crippen molar-refractivity contribution >= 4 is 5.97 Å². The monoisotopic (exact) mass is 221 g/mol. The number of hydrogen-bond donors (Lipinski definition) is 2. The maximum absolute atomic E-state index is 11.2. The van der Waals surface area contributed by atoms with Gasteiger partial charge < -0.3 is 10.8 Å². The van der Waals surface area contributed by atoms with Gasteiger partial charge in [0.1, 0.15) is 0 Å². The predicted octanol–water partition coefficient (Wildman–Crippen LogP) is 2.21. The lowest BCUT2D eigenvalue weighted by molar-refractivity contribution is -0.139. The van der Waals surface area contributed by atoms with Crippen LogP contribution in [0.15, 0.2) is 18.2 Å². The van der Waals surface area contributed by atoms with Crippen molar-refractivity contribution in [2.45, 2.75) is 39.2 Å². The second kappa shape index (κ2) is 5.12. The van der Waals surface area contributed by atoms with Gasteiger partial charge in [0.2, 0.25) is 0 Å². The van der Waals surface area contributed by atoms with Crippen LogP contribution in [0.3, 0.4) is 0 Å². The summed E-state index contributed by atoms with van der Waals surface area (Å²) in [5.41, 5.74) is 8.81. The molecule has 0 amide bonds. The third kappa shape index (κ3) is 3.07. The first-order valence-corrected chi connectivity index (χ1v) is 5.47. The zero-order valence-electron chi connectivity index (χ0n) is 10.0. The van der Waals surface area contributed by atoms with Crippen LogP contribution in [0.25, 0.3) is 0 Å². The fraction of sp³-hybridized carbons (Fsp3) is 0.462. The van der Waals surface area contributed by atoms with Crippen LogP contribution >= 0.6 is 0 Å². The number of hydrogen-bond acceptors (Lipinski definition) is 2. The molecule has 0 spiro atoms. The van der Waals surface area contributed by atoms with Crippen molar-refractivity contribution in [3.05, 3.63) is 34.9 Å². The smallest absolute Gasteiger partial charge is 0.311 e. The van der Waals surface area contributed by atoms with E-state index in [0.29, 0.717) is 6.42 Å². The lowest BCUT2D eigenvalue weighted by Crippen LogP contribution is -2.23. The summed E-state index contributed by atoms with van der Waals surface area (Å²) < 4.78 is 0. The molecule has 0 aromatic heterocycles. The molecule has 0 saturated carbocycles. The highest BCUT2D eigenvalue weighted by Crippen LogP contribution is 2.23. The molecule has 0 aliphatic carbocycles. The minimum atomic E-state index is -0.805. The number of nitrogens with two attached hydrogens (primary N) is 1. The molecular formula is C13H19NO2. The van der Waals surface area contributed by atoms with E-state index in [-0.39, 0.29) is 6.04 Å². The highest BCUT2D eigenvalue weighted by molar-refractivity contribution is 5.76. The van der Waals surface area contributed by atoms with Crippen molar-refractivity contribution in [3.63, 3.8) is 0 Å². The van der Waals surface area contributed by atoms with Gasteiger partial charge >= 0.3 is 5.97 Å². The van der Waals surface area contributed by atoms with Crippen LogP contribution in [0, 0.1) is 13.8 Å². The molecule has 0 saturated heterocycles. The van der Waals surface area contributed by atoms with Gasteiger partial charge in [-0.2, -0.15) is 0 Å². The normalized spacial score (nSPS) is 14.5. The quantitative estimate of drug-likeness (QED) is 0.819. The SMILES string of the molecule is Cc1ccc(C(CC(C)N)C(=O)O)cc1C. The summed E-state index contributed by atoms with van der Waals surface area (Å²) in [7, 11) is 0. The van der Waals surface area contributed by atoms with Gasteiger partial charge in [-0.1, -0.05) is 18.2 Å². The molecule has 0 fully saturated rings. The number of carboxylic acids is 1. The summed E-state index contributed by atoms with van der Waals surface area (Å²) in [5.74, 6) is -1.31. The Kier molecular flexibility index (Phi) is 4.07. The van der Waals surface area contributed by atoms with E-state index in [1.54, 1.807) is 0 Å². The molecule has 0 bridgehead atoms. The Morgan fingerprint density at radius 2 is 2.00 bits per heavy atom. The van der Waals surface area contributed by atoms with Crippen molar-refractivity contribution in [1.29, 1.82) is 0 Å². The molecule has 3 heteroatoms. The molecule has 1 rings (SSSR count). The number of benzene rings is 1. The lowest BCUT2D eigenvalue weighted by atomic mass is 9.91. The summed E-state index contributed by atoms with van der Waals surface area (Å²) in [4.78, 5) is 11.2. The first-order chi connectivity index (χ1) is 7.41. The van der Waals surface area contributed by atoms with Gasteiger partial charge in [-0.05, 0) is 43.9 Å². The number of rotatable bonds is 4. The van der Waals surface area contributed by atoms with E-state index in [2.05, 4.69) is 0 Å². The average Bonchev–Trinajstić information content (AvgIpc) is 2.18. The van der Waals surface area contributed by atoms with Crippen LogP contribution in [-0.4, -0.2) is 17.1 Å². The molecule has 3 nitrogen and oxygen atoms in total. The molecule has 2 atom stereocenters. The summed E-state index contributed by atoms with van der Waals surface area (Å²) in [6.07, 6.45) is 0.470. The second-order valence-electron chi connectivity index (χ2n) is 4.45. The standard InChI is InChI=1S/C13H19NO2/c1-8-4-5-11(6-9(8)2)12(13(15)16)7-10(3)14/h4-6,10,12H,7,14H2,1-3H3,(H,15,16). The summed E-state index contributed by atoms with van der Waals surface area (Å²) in [5, 5.41) is 9.18. The van der Waals surface area contributed by atoms with E-state index >= 15 is 0 Å². The molecule has 2 unspecified atom stereocenters. The van der Waals surface area contributed by atoms with E-state index in [4.69, 9.17) is 5.73 Å². The lowest BCUT2D eigenvalue weighted by Gasteiger charge is -2.16. The molecule has 0 aliphatic rings. The van der Waals surface area contributed by atoms with Gasteiger partial charge in [0, 0.05) is 6.04 Å². The third-order valence-corrected chi connectivity index (χ3v) is 2.84. The minimum Gasteiger partial charge on any atom is -0.481 e. The second-order valence-corrected chi connectivity index (χ2v) is 4.45. The molecule has 0 aliphatic heterocycles. The van der Waals surface area contributed by atoms with E-state index in [1.807, 2.05) is 39.0 Å². The fourth-order valence-electron chi connectivity index (χ4n) is 1.73. The van der Waals surface area contributed by atoms with Crippen LogP contribution in [0.1, 0.15) is 36.0 Å². The Hall–Kier alpha value is -1.35. The molecule has 0 radical (unpaired) electrons.